The number of nitrogens with zero attached hydrogens (tertiary/aromatic N) is 5. The van der Waals surface area contributed by atoms with Gasteiger partial charge in [-0.3, -0.25) is 4.90 Å². The summed E-state index contributed by atoms with van der Waals surface area (Å²) >= 11 is 1.08. The van der Waals surface area contributed by atoms with Crippen LogP contribution in [-0.4, -0.2) is 79.2 Å². The topological polar surface area (TPSA) is 81.7 Å². The zero-order valence-corrected chi connectivity index (χ0v) is 25.5. The van der Waals surface area contributed by atoms with Crippen molar-refractivity contribution in [2.75, 3.05) is 49.2 Å². The van der Waals surface area contributed by atoms with Crippen LogP contribution in [-0.2, 0) is 29.0 Å². The first-order valence-corrected chi connectivity index (χ1v) is 16.8. The number of benzene rings is 1. The first kappa shape index (κ1) is 29.3. The van der Waals surface area contributed by atoms with E-state index in [9.17, 15) is 21.6 Å². The third kappa shape index (κ3) is 5.88. The molecule has 1 N–H and O–H groups in total. The number of aromatic nitrogens is 2. The molecule has 0 bridgehead atoms. The Morgan fingerprint density at radius 1 is 1.14 bits per heavy atom. The second-order valence-corrected chi connectivity index (χ2v) is 14.7. The Balaban J connectivity index is 1.33. The first-order valence-electron chi connectivity index (χ1n) is 14.3. The molecule has 0 amide bonds. The van der Waals surface area contributed by atoms with Crippen molar-refractivity contribution in [1.29, 1.82) is 0 Å². The van der Waals surface area contributed by atoms with Crippen molar-refractivity contribution in [3.63, 3.8) is 0 Å². The molecule has 3 aliphatic rings. The van der Waals surface area contributed by atoms with Gasteiger partial charge in [0.1, 0.15) is 5.56 Å². The Hall–Kier alpha value is -2.74. The maximum absolute atomic E-state index is 14.1. The molecule has 2 aliphatic heterocycles. The van der Waals surface area contributed by atoms with Gasteiger partial charge in [0, 0.05) is 67.3 Å². The second-order valence-electron chi connectivity index (χ2n) is 11.5. The van der Waals surface area contributed by atoms with Gasteiger partial charge < -0.3 is 15.1 Å². The Kier molecular flexibility index (Phi) is 7.73. The number of fused-ring (bicyclic) bond motifs is 1. The highest BCUT2D eigenvalue weighted by Gasteiger charge is 2.39. The lowest BCUT2D eigenvalue weighted by atomic mass is 10.1. The van der Waals surface area contributed by atoms with Gasteiger partial charge in [0.2, 0.25) is 5.95 Å². The van der Waals surface area contributed by atoms with Crippen LogP contribution in [0.2, 0.25) is 0 Å². The summed E-state index contributed by atoms with van der Waals surface area (Å²) in [5, 5.41) is 3.14. The third-order valence-corrected chi connectivity index (χ3v) is 11.5. The van der Waals surface area contributed by atoms with Crippen molar-refractivity contribution in [3.8, 4) is 10.6 Å². The number of sulfone groups is 1. The van der Waals surface area contributed by atoms with Crippen LogP contribution >= 0.6 is 11.3 Å². The smallest absolute Gasteiger partial charge is 0.369 e. The van der Waals surface area contributed by atoms with Crippen LogP contribution in [0, 0.1) is 0 Å². The molecule has 3 aromatic rings. The maximum atomic E-state index is 14.1. The zero-order valence-electron chi connectivity index (χ0n) is 23.9. The van der Waals surface area contributed by atoms with Gasteiger partial charge in [0.15, 0.2) is 9.84 Å². The van der Waals surface area contributed by atoms with Crippen LogP contribution in [0.15, 0.2) is 35.4 Å². The molecule has 0 radical (unpaired) electrons. The van der Waals surface area contributed by atoms with E-state index < -0.39 is 21.6 Å². The SMILES string of the molecule is CCc1cc(N2CCN(C)[C@H](C)C2)ccc1Nc1ncc(C(F)(F)F)c(-c2cc3c(s2)CN(C2CC2)CCS3(=O)=O)n1. The number of rotatable bonds is 6. The van der Waals surface area contributed by atoms with E-state index in [1.165, 1.54) is 6.07 Å². The molecule has 0 spiro atoms. The van der Waals surface area contributed by atoms with E-state index in [1.54, 1.807) is 0 Å². The van der Waals surface area contributed by atoms with E-state index in [0.717, 1.165) is 66.9 Å². The minimum absolute atomic E-state index is 0.0275. The highest BCUT2D eigenvalue weighted by Crippen LogP contribution is 2.43. The van der Waals surface area contributed by atoms with Gasteiger partial charge in [-0.2, -0.15) is 13.2 Å². The number of likely N-dealkylation sites (N-methyl/N-ethyl adjacent to an activating group) is 1. The summed E-state index contributed by atoms with van der Waals surface area (Å²) in [6.45, 7) is 7.88. The van der Waals surface area contributed by atoms with E-state index in [1.807, 2.05) is 19.1 Å². The van der Waals surface area contributed by atoms with Crippen molar-refractivity contribution in [3.05, 3.63) is 46.5 Å². The summed E-state index contributed by atoms with van der Waals surface area (Å²) in [4.78, 5) is 16.0. The van der Waals surface area contributed by atoms with Crippen LogP contribution in [0.25, 0.3) is 10.6 Å². The number of piperazine rings is 1. The van der Waals surface area contributed by atoms with E-state index in [4.69, 9.17) is 0 Å². The average molecular weight is 621 g/mol. The van der Waals surface area contributed by atoms with E-state index >= 15 is 0 Å². The van der Waals surface area contributed by atoms with Gasteiger partial charge in [0.05, 0.1) is 21.2 Å². The molecule has 1 aliphatic carbocycles. The van der Waals surface area contributed by atoms with E-state index in [2.05, 4.69) is 50.0 Å². The highest BCUT2D eigenvalue weighted by atomic mass is 32.2. The van der Waals surface area contributed by atoms with Crippen molar-refractivity contribution in [2.45, 2.75) is 62.8 Å². The molecule has 1 saturated carbocycles. The summed E-state index contributed by atoms with van der Waals surface area (Å²) < 4.78 is 68.5. The Bertz CT molecular complexity index is 1590. The lowest BCUT2D eigenvalue weighted by Gasteiger charge is -2.39. The van der Waals surface area contributed by atoms with E-state index in [-0.39, 0.29) is 27.2 Å². The number of hydrogen-bond acceptors (Lipinski definition) is 9. The van der Waals surface area contributed by atoms with E-state index in [0.29, 0.717) is 36.5 Å². The molecule has 2 aromatic heterocycles. The van der Waals surface area contributed by atoms with Gasteiger partial charge in [0.25, 0.3) is 0 Å². The zero-order chi connectivity index (χ0) is 29.8. The van der Waals surface area contributed by atoms with Crippen molar-refractivity contribution in [1.82, 2.24) is 19.8 Å². The second kappa shape index (κ2) is 11.1. The Morgan fingerprint density at radius 2 is 1.93 bits per heavy atom. The normalized spacial score (nSPS) is 21.7. The average Bonchev–Trinajstić information content (AvgIpc) is 3.72. The molecule has 1 saturated heterocycles. The van der Waals surface area contributed by atoms with Gasteiger partial charge >= 0.3 is 6.18 Å². The molecule has 42 heavy (non-hydrogen) atoms. The van der Waals surface area contributed by atoms with Gasteiger partial charge in [-0.15, -0.1) is 11.3 Å². The number of aryl methyl sites for hydroxylation is 1. The van der Waals surface area contributed by atoms with Gasteiger partial charge in [-0.25, -0.2) is 18.4 Å². The van der Waals surface area contributed by atoms with Crippen LogP contribution in [0.5, 0.6) is 0 Å². The lowest BCUT2D eigenvalue weighted by molar-refractivity contribution is -0.137. The molecule has 6 rings (SSSR count). The van der Waals surface area contributed by atoms with Crippen molar-refractivity contribution in [2.24, 2.45) is 0 Å². The number of anilines is 3. The van der Waals surface area contributed by atoms with Crippen LogP contribution in [0.3, 0.4) is 0 Å². The fourth-order valence-corrected chi connectivity index (χ4v) is 8.76. The molecule has 0 unspecified atom stereocenters. The molecule has 8 nitrogen and oxygen atoms in total. The monoisotopic (exact) mass is 620 g/mol. The Labute approximate surface area is 248 Å². The minimum atomic E-state index is -4.70. The summed E-state index contributed by atoms with van der Waals surface area (Å²) in [5.41, 5.74) is 1.52. The summed E-state index contributed by atoms with van der Waals surface area (Å²) in [7, 11) is -1.49. The fraction of sp³-hybridized carbons (Fsp3) is 0.517. The number of nitrogens with one attached hydrogen (secondary N) is 1. The standard InChI is InChI=1S/C29H35F3N6O2S2/c1-4-19-13-21(37-10-9-36(3)18(2)16-37)7-8-23(19)34-28-33-15-22(29(30,31)32)27(35-28)24-14-26-25(41-24)17-38(20-5-6-20)11-12-42(26,39)40/h7-8,13-15,18,20H,4-6,9-12,16-17H2,1-3H3,(H,33,34,35)/t18-/m1/s1. The van der Waals surface area contributed by atoms with Crippen molar-refractivity contribution >= 4 is 38.5 Å². The molecule has 4 heterocycles. The molecular formula is C29H35F3N6O2S2. The number of hydrogen-bond donors (Lipinski definition) is 1. The van der Waals surface area contributed by atoms with Crippen LogP contribution in [0.1, 0.15) is 42.7 Å². The maximum Gasteiger partial charge on any atom is 0.420 e. The molecule has 2 fully saturated rings. The molecule has 13 heteroatoms. The minimum Gasteiger partial charge on any atom is -0.369 e. The summed E-state index contributed by atoms with van der Waals surface area (Å²) in [6, 6.07) is 8.19. The lowest BCUT2D eigenvalue weighted by Crippen LogP contribution is -2.50. The largest absolute Gasteiger partial charge is 0.420 e. The van der Waals surface area contributed by atoms with Gasteiger partial charge in [-0.1, -0.05) is 6.92 Å². The number of alkyl halides is 3. The molecular weight excluding hydrogens is 585 g/mol. The predicted molar refractivity (Wildman–Crippen MR) is 159 cm³/mol. The fourth-order valence-electron chi connectivity index (χ4n) is 5.70. The third-order valence-electron chi connectivity index (χ3n) is 8.53. The Morgan fingerprint density at radius 3 is 2.62 bits per heavy atom. The molecule has 226 valence electrons. The summed E-state index contributed by atoms with van der Waals surface area (Å²) in [5.74, 6) is -0.0159. The molecule has 1 aromatic carbocycles. The molecule has 1 atom stereocenters. The van der Waals surface area contributed by atoms with Crippen LogP contribution < -0.4 is 10.2 Å². The number of thiophene rings is 1. The quantitative estimate of drug-likeness (QED) is 0.391. The number of halogens is 3. The van der Waals surface area contributed by atoms with Gasteiger partial charge in [-0.05, 0) is 63.1 Å². The summed E-state index contributed by atoms with van der Waals surface area (Å²) in [6.07, 6.45) is -1.18. The predicted octanol–water partition coefficient (Wildman–Crippen LogP) is 5.42. The highest BCUT2D eigenvalue weighted by molar-refractivity contribution is 7.91. The van der Waals surface area contributed by atoms with Crippen LogP contribution in [0.4, 0.5) is 30.5 Å². The first-order chi connectivity index (χ1) is 19.9. The van der Waals surface area contributed by atoms with Crippen molar-refractivity contribution < 1.29 is 21.6 Å².